The Kier molecular flexibility index (Phi) is 5.95. The minimum Gasteiger partial charge on any atom is -0.313 e. The van der Waals surface area contributed by atoms with E-state index < -0.39 is 0 Å². The van der Waals surface area contributed by atoms with Crippen molar-refractivity contribution in [2.24, 2.45) is 11.8 Å². The molecular weight excluding hydrogens is 190 g/mol. The third-order valence-electron chi connectivity index (χ3n) is 3.15. The second-order valence-corrected chi connectivity index (χ2v) is 5.67. The van der Waals surface area contributed by atoms with E-state index in [1.165, 1.54) is 30.8 Å². The SMILES string of the molecule is CCCC(C)CC1CSCC1NCC. The zero-order valence-electron chi connectivity index (χ0n) is 9.88. The van der Waals surface area contributed by atoms with E-state index in [4.69, 9.17) is 0 Å². The van der Waals surface area contributed by atoms with E-state index in [9.17, 15) is 0 Å². The summed E-state index contributed by atoms with van der Waals surface area (Å²) < 4.78 is 0. The predicted octanol–water partition coefficient (Wildman–Crippen LogP) is 3.15. The van der Waals surface area contributed by atoms with Crippen molar-refractivity contribution in [3.63, 3.8) is 0 Å². The summed E-state index contributed by atoms with van der Waals surface area (Å²) >= 11 is 2.13. The molecule has 0 aromatic carbocycles. The summed E-state index contributed by atoms with van der Waals surface area (Å²) in [5.74, 6) is 4.56. The third kappa shape index (κ3) is 3.82. The fourth-order valence-electron chi connectivity index (χ4n) is 2.45. The summed E-state index contributed by atoms with van der Waals surface area (Å²) in [6, 6.07) is 0.796. The first-order valence-electron chi connectivity index (χ1n) is 6.09. The Balaban J connectivity index is 2.27. The fourth-order valence-corrected chi connectivity index (χ4v) is 3.90. The van der Waals surface area contributed by atoms with Crippen molar-refractivity contribution in [1.29, 1.82) is 0 Å². The number of hydrogen-bond donors (Lipinski definition) is 1. The summed E-state index contributed by atoms with van der Waals surface area (Å²) in [5, 5.41) is 3.62. The van der Waals surface area contributed by atoms with Gasteiger partial charge in [0, 0.05) is 11.8 Å². The van der Waals surface area contributed by atoms with E-state index in [2.05, 4.69) is 37.8 Å². The van der Waals surface area contributed by atoms with Crippen LogP contribution >= 0.6 is 11.8 Å². The van der Waals surface area contributed by atoms with Gasteiger partial charge in [-0.1, -0.05) is 33.6 Å². The van der Waals surface area contributed by atoms with Gasteiger partial charge in [-0.2, -0.15) is 11.8 Å². The van der Waals surface area contributed by atoms with Gasteiger partial charge in [-0.3, -0.25) is 0 Å². The van der Waals surface area contributed by atoms with Crippen molar-refractivity contribution < 1.29 is 0 Å². The van der Waals surface area contributed by atoms with E-state index in [1.807, 2.05) is 0 Å². The van der Waals surface area contributed by atoms with Crippen LogP contribution in [0.3, 0.4) is 0 Å². The van der Waals surface area contributed by atoms with Gasteiger partial charge in [0.1, 0.15) is 0 Å². The maximum atomic E-state index is 3.62. The molecule has 0 saturated carbocycles. The first-order valence-corrected chi connectivity index (χ1v) is 7.24. The average molecular weight is 215 g/mol. The molecule has 2 heteroatoms. The van der Waals surface area contributed by atoms with Gasteiger partial charge in [-0.25, -0.2) is 0 Å². The van der Waals surface area contributed by atoms with Crippen molar-refractivity contribution in [2.45, 2.75) is 46.1 Å². The lowest BCUT2D eigenvalue weighted by atomic mass is 9.89. The Hall–Kier alpha value is 0.310. The monoisotopic (exact) mass is 215 g/mol. The minimum atomic E-state index is 0.796. The van der Waals surface area contributed by atoms with Gasteiger partial charge in [0.15, 0.2) is 0 Å². The van der Waals surface area contributed by atoms with E-state index >= 15 is 0 Å². The molecule has 3 atom stereocenters. The van der Waals surface area contributed by atoms with Crippen LogP contribution < -0.4 is 5.32 Å². The summed E-state index contributed by atoms with van der Waals surface area (Å²) in [7, 11) is 0. The number of thioether (sulfide) groups is 1. The molecule has 84 valence electrons. The lowest BCUT2D eigenvalue weighted by molar-refractivity contribution is 0.340. The molecule has 1 rings (SSSR count). The van der Waals surface area contributed by atoms with Crippen molar-refractivity contribution in [3.05, 3.63) is 0 Å². The Morgan fingerprint density at radius 3 is 2.79 bits per heavy atom. The molecule has 0 aromatic heterocycles. The molecule has 0 aromatic rings. The fraction of sp³-hybridized carbons (Fsp3) is 1.00. The first kappa shape index (κ1) is 12.4. The topological polar surface area (TPSA) is 12.0 Å². The molecule has 1 fully saturated rings. The largest absolute Gasteiger partial charge is 0.313 e. The summed E-state index contributed by atoms with van der Waals surface area (Å²) in [6.07, 6.45) is 4.17. The Morgan fingerprint density at radius 1 is 1.36 bits per heavy atom. The molecule has 1 nitrogen and oxygen atoms in total. The van der Waals surface area contributed by atoms with Crippen LogP contribution in [-0.2, 0) is 0 Å². The molecule has 0 spiro atoms. The number of nitrogens with one attached hydrogen (secondary N) is 1. The van der Waals surface area contributed by atoms with Gasteiger partial charge >= 0.3 is 0 Å². The summed E-state index contributed by atoms with van der Waals surface area (Å²) in [4.78, 5) is 0. The molecule has 0 radical (unpaired) electrons. The summed E-state index contributed by atoms with van der Waals surface area (Å²) in [5.41, 5.74) is 0. The van der Waals surface area contributed by atoms with E-state index in [0.29, 0.717) is 0 Å². The van der Waals surface area contributed by atoms with E-state index in [1.54, 1.807) is 0 Å². The molecule has 3 unspecified atom stereocenters. The lowest BCUT2D eigenvalue weighted by Crippen LogP contribution is -2.35. The van der Waals surface area contributed by atoms with Gasteiger partial charge in [0.05, 0.1) is 0 Å². The average Bonchev–Trinajstić information content (AvgIpc) is 2.54. The highest BCUT2D eigenvalue weighted by Gasteiger charge is 2.27. The zero-order valence-corrected chi connectivity index (χ0v) is 10.7. The van der Waals surface area contributed by atoms with Gasteiger partial charge in [-0.15, -0.1) is 0 Å². The molecule has 1 saturated heterocycles. The van der Waals surface area contributed by atoms with Gasteiger partial charge in [-0.05, 0) is 30.6 Å². The highest BCUT2D eigenvalue weighted by molar-refractivity contribution is 7.99. The number of hydrogen-bond acceptors (Lipinski definition) is 2. The van der Waals surface area contributed by atoms with Crippen LogP contribution in [0.4, 0.5) is 0 Å². The van der Waals surface area contributed by atoms with Crippen LogP contribution in [0.15, 0.2) is 0 Å². The third-order valence-corrected chi connectivity index (χ3v) is 4.41. The van der Waals surface area contributed by atoms with Crippen LogP contribution in [0.1, 0.15) is 40.0 Å². The van der Waals surface area contributed by atoms with Crippen LogP contribution in [0.25, 0.3) is 0 Å². The molecule has 1 heterocycles. The second-order valence-electron chi connectivity index (χ2n) is 4.59. The molecule has 1 aliphatic rings. The second kappa shape index (κ2) is 6.73. The molecule has 0 amide bonds. The molecule has 0 bridgehead atoms. The smallest absolute Gasteiger partial charge is 0.0194 e. The zero-order chi connectivity index (χ0) is 10.4. The first-order chi connectivity index (χ1) is 6.77. The molecule has 0 aliphatic carbocycles. The molecular formula is C12H25NS. The lowest BCUT2D eigenvalue weighted by Gasteiger charge is -2.22. The van der Waals surface area contributed by atoms with Crippen molar-refractivity contribution in [2.75, 3.05) is 18.1 Å². The highest BCUT2D eigenvalue weighted by atomic mass is 32.2. The normalized spacial score (nSPS) is 29.4. The van der Waals surface area contributed by atoms with E-state index in [0.717, 1.165) is 24.4 Å². The maximum absolute atomic E-state index is 3.62. The Labute approximate surface area is 93.4 Å². The Morgan fingerprint density at radius 2 is 2.14 bits per heavy atom. The van der Waals surface area contributed by atoms with Crippen molar-refractivity contribution in [1.82, 2.24) is 5.32 Å². The minimum absolute atomic E-state index is 0.796. The van der Waals surface area contributed by atoms with Crippen LogP contribution in [0.5, 0.6) is 0 Å². The van der Waals surface area contributed by atoms with Gasteiger partial charge < -0.3 is 5.32 Å². The highest BCUT2D eigenvalue weighted by Crippen LogP contribution is 2.30. The van der Waals surface area contributed by atoms with Gasteiger partial charge in [0.25, 0.3) is 0 Å². The van der Waals surface area contributed by atoms with Crippen LogP contribution in [0.2, 0.25) is 0 Å². The predicted molar refractivity (Wildman–Crippen MR) is 67.0 cm³/mol. The quantitative estimate of drug-likeness (QED) is 0.730. The molecule has 1 N–H and O–H groups in total. The van der Waals surface area contributed by atoms with Crippen molar-refractivity contribution in [3.8, 4) is 0 Å². The standard InChI is InChI=1S/C12H25NS/c1-4-6-10(3)7-11-8-14-9-12(11)13-5-2/h10-13H,4-9H2,1-3H3. The van der Waals surface area contributed by atoms with E-state index in [-0.39, 0.29) is 0 Å². The maximum Gasteiger partial charge on any atom is 0.0194 e. The van der Waals surface area contributed by atoms with Crippen LogP contribution in [-0.4, -0.2) is 24.1 Å². The Bertz CT molecular complexity index is 149. The van der Waals surface area contributed by atoms with Gasteiger partial charge in [0.2, 0.25) is 0 Å². The summed E-state index contributed by atoms with van der Waals surface area (Å²) in [6.45, 7) is 8.05. The van der Waals surface area contributed by atoms with Crippen LogP contribution in [0, 0.1) is 11.8 Å². The molecule has 1 aliphatic heterocycles. The number of rotatable bonds is 6. The van der Waals surface area contributed by atoms with Crippen molar-refractivity contribution >= 4 is 11.8 Å². The molecule has 14 heavy (non-hydrogen) atoms.